The molecule has 0 aliphatic rings. The van der Waals surface area contributed by atoms with Crippen LogP contribution in [0.2, 0.25) is 0 Å². The standard InChI is InChI=1S/C26H22N4O3S/c1-17-10-12-19(13-11-17)16-30-23(27)22(34(32,33)20-8-4-3-5-9-20)15-21-25(30)28-24-18(2)7-6-14-29(24)26(21)31/h3-15,27H,16H2,1-2H3. The number of nitrogens with one attached hydrogen (secondary N) is 1. The minimum atomic E-state index is -4.05. The van der Waals surface area contributed by atoms with Gasteiger partial charge in [0.15, 0.2) is 0 Å². The summed E-state index contributed by atoms with van der Waals surface area (Å²) in [6, 6.07) is 20.6. The molecule has 2 aromatic carbocycles. The second kappa shape index (κ2) is 8.07. The molecule has 0 fully saturated rings. The lowest BCUT2D eigenvalue weighted by Gasteiger charge is -2.16. The second-order valence-corrected chi connectivity index (χ2v) is 10.2. The molecule has 0 unspecified atom stereocenters. The topological polar surface area (TPSA) is 97.3 Å². The van der Waals surface area contributed by atoms with E-state index in [0.29, 0.717) is 5.65 Å². The molecule has 8 heteroatoms. The Morgan fingerprint density at radius 2 is 1.62 bits per heavy atom. The monoisotopic (exact) mass is 470 g/mol. The van der Waals surface area contributed by atoms with Crippen LogP contribution in [0.25, 0.3) is 16.7 Å². The van der Waals surface area contributed by atoms with E-state index in [4.69, 9.17) is 10.4 Å². The molecule has 0 spiro atoms. The zero-order valence-corrected chi connectivity index (χ0v) is 19.5. The first-order valence-corrected chi connectivity index (χ1v) is 12.2. The van der Waals surface area contributed by atoms with Crippen LogP contribution in [-0.4, -0.2) is 22.4 Å². The van der Waals surface area contributed by atoms with Gasteiger partial charge in [-0.25, -0.2) is 13.4 Å². The molecule has 0 saturated heterocycles. The predicted molar refractivity (Wildman–Crippen MR) is 130 cm³/mol. The van der Waals surface area contributed by atoms with Crippen LogP contribution in [0.15, 0.2) is 93.6 Å². The highest BCUT2D eigenvalue weighted by atomic mass is 32.2. The minimum Gasteiger partial charge on any atom is -0.305 e. The summed E-state index contributed by atoms with van der Waals surface area (Å²) < 4.78 is 29.9. The molecule has 0 atom stereocenters. The van der Waals surface area contributed by atoms with Crippen molar-refractivity contribution >= 4 is 26.5 Å². The largest absolute Gasteiger partial charge is 0.305 e. The van der Waals surface area contributed by atoms with Crippen LogP contribution in [0.5, 0.6) is 0 Å². The molecule has 0 aliphatic heterocycles. The van der Waals surface area contributed by atoms with Gasteiger partial charge < -0.3 is 4.57 Å². The third-order valence-corrected chi connectivity index (χ3v) is 7.69. The molecule has 5 rings (SSSR count). The molecule has 0 saturated carbocycles. The van der Waals surface area contributed by atoms with Crippen molar-refractivity contribution in [1.82, 2.24) is 14.0 Å². The van der Waals surface area contributed by atoms with Gasteiger partial charge in [-0.15, -0.1) is 0 Å². The van der Waals surface area contributed by atoms with Gasteiger partial charge in [-0.05, 0) is 49.2 Å². The number of aromatic nitrogens is 3. The van der Waals surface area contributed by atoms with E-state index < -0.39 is 9.84 Å². The van der Waals surface area contributed by atoms with Crippen LogP contribution < -0.4 is 11.0 Å². The summed E-state index contributed by atoms with van der Waals surface area (Å²) in [6.07, 6.45) is 1.61. The van der Waals surface area contributed by atoms with E-state index in [1.54, 1.807) is 30.5 Å². The summed E-state index contributed by atoms with van der Waals surface area (Å²) in [5.41, 5.74) is 2.89. The van der Waals surface area contributed by atoms with Gasteiger partial charge in [0.25, 0.3) is 5.56 Å². The molecular weight excluding hydrogens is 448 g/mol. The number of nitrogens with zero attached hydrogens (tertiary/aromatic N) is 3. The van der Waals surface area contributed by atoms with Crippen molar-refractivity contribution in [1.29, 1.82) is 5.41 Å². The van der Waals surface area contributed by atoms with Crippen LogP contribution in [0.1, 0.15) is 16.7 Å². The van der Waals surface area contributed by atoms with Crippen molar-refractivity contribution in [3.8, 4) is 0 Å². The molecule has 0 bridgehead atoms. The van der Waals surface area contributed by atoms with E-state index in [9.17, 15) is 13.2 Å². The van der Waals surface area contributed by atoms with E-state index >= 15 is 0 Å². The lowest BCUT2D eigenvalue weighted by molar-refractivity contribution is 0.591. The van der Waals surface area contributed by atoms with Gasteiger partial charge in [0.05, 0.1) is 16.8 Å². The number of sulfone groups is 1. The fraction of sp³-hybridized carbons (Fsp3) is 0.115. The highest BCUT2D eigenvalue weighted by Crippen LogP contribution is 2.21. The van der Waals surface area contributed by atoms with E-state index in [-0.39, 0.29) is 38.4 Å². The van der Waals surface area contributed by atoms with Gasteiger partial charge in [0.2, 0.25) is 9.84 Å². The summed E-state index contributed by atoms with van der Waals surface area (Å²) >= 11 is 0. The molecule has 34 heavy (non-hydrogen) atoms. The second-order valence-electron chi connectivity index (χ2n) is 8.28. The van der Waals surface area contributed by atoms with E-state index in [2.05, 4.69) is 0 Å². The van der Waals surface area contributed by atoms with Crippen LogP contribution in [0.4, 0.5) is 0 Å². The Balaban J connectivity index is 1.89. The first-order chi connectivity index (χ1) is 16.3. The normalized spacial score (nSPS) is 11.8. The highest BCUT2D eigenvalue weighted by Gasteiger charge is 2.24. The van der Waals surface area contributed by atoms with Gasteiger partial charge in [0.1, 0.15) is 21.7 Å². The summed E-state index contributed by atoms with van der Waals surface area (Å²) in [6.45, 7) is 4.03. The number of aryl methyl sites for hydroxylation is 2. The van der Waals surface area contributed by atoms with Crippen molar-refractivity contribution in [3.05, 3.63) is 112 Å². The maximum absolute atomic E-state index is 13.5. The molecule has 0 aliphatic carbocycles. The molecular formula is C26H22N4O3S. The Bertz CT molecular complexity index is 1790. The molecule has 7 nitrogen and oxygen atoms in total. The van der Waals surface area contributed by atoms with Crippen molar-refractivity contribution in [3.63, 3.8) is 0 Å². The van der Waals surface area contributed by atoms with Gasteiger partial charge in [0, 0.05) is 6.20 Å². The van der Waals surface area contributed by atoms with Crippen molar-refractivity contribution < 1.29 is 8.42 Å². The number of hydrogen-bond donors (Lipinski definition) is 1. The summed E-state index contributed by atoms with van der Waals surface area (Å²) in [5.74, 6) is 0. The number of fused-ring (bicyclic) bond motifs is 2. The Morgan fingerprint density at radius 3 is 2.32 bits per heavy atom. The average molecular weight is 471 g/mol. The quantitative estimate of drug-likeness (QED) is 0.406. The summed E-state index contributed by atoms with van der Waals surface area (Å²) in [5, 5.41) is 9.03. The fourth-order valence-corrected chi connectivity index (χ4v) is 5.44. The molecule has 1 N–H and O–H groups in total. The Morgan fingerprint density at radius 1 is 0.912 bits per heavy atom. The molecule has 0 amide bonds. The SMILES string of the molecule is Cc1ccc(Cn2c(=N)c(S(=O)(=O)c3ccccc3)cc3c(=O)n4cccc(C)c4nc32)cc1. The molecule has 0 radical (unpaired) electrons. The zero-order valence-electron chi connectivity index (χ0n) is 18.7. The highest BCUT2D eigenvalue weighted by molar-refractivity contribution is 7.91. The smallest absolute Gasteiger partial charge is 0.267 e. The minimum absolute atomic E-state index is 0.0643. The Kier molecular flexibility index (Phi) is 5.17. The van der Waals surface area contributed by atoms with Crippen LogP contribution in [0, 0.1) is 19.3 Å². The summed E-state index contributed by atoms with van der Waals surface area (Å²) in [4.78, 5) is 18.0. The lowest BCUT2D eigenvalue weighted by Crippen LogP contribution is -2.30. The zero-order chi connectivity index (χ0) is 24.0. The third-order valence-electron chi connectivity index (χ3n) is 5.90. The first-order valence-electron chi connectivity index (χ1n) is 10.7. The Hall–Kier alpha value is -4.04. The van der Waals surface area contributed by atoms with E-state index in [1.807, 2.05) is 44.2 Å². The average Bonchev–Trinajstić information content (AvgIpc) is 2.83. The number of hydrogen-bond acceptors (Lipinski definition) is 5. The van der Waals surface area contributed by atoms with Gasteiger partial charge in [-0.3, -0.25) is 14.6 Å². The fourth-order valence-electron chi connectivity index (χ4n) is 4.03. The van der Waals surface area contributed by atoms with Crippen molar-refractivity contribution in [2.24, 2.45) is 0 Å². The van der Waals surface area contributed by atoms with Gasteiger partial charge in [-0.1, -0.05) is 54.1 Å². The molecule has 5 aromatic rings. The predicted octanol–water partition coefficient (Wildman–Crippen LogP) is 3.63. The molecule has 170 valence electrons. The number of benzene rings is 2. The molecule has 3 heterocycles. The van der Waals surface area contributed by atoms with E-state index in [1.165, 1.54) is 27.2 Å². The van der Waals surface area contributed by atoms with Crippen LogP contribution >= 0.6 is 0 Å². The van der Waals surface area contributed by atoms with Gasteiger partial charge in [-0.2, -0.15) is 0 Å². The number of rotatable bonds is 4. The van der Waals surface area contributed by atoms with Crippen LogP contribution in [0.3, 0.4) is 0 Å². The number of pyridine rings is 2. The van der Waals surface area contributed by atoms with Crippen LogP contribution in [-0.2, 0) is 16.4 Å². The summed E-state index contributed by atoms with van der Waals surface area (Å²) in [7, 11) is -4.05. The van der Waals surface area contributed by atoms with Crippen molar-refractivity contribution in [2.45, 2.75) is 30.2 Å². The van der Waals surface area contributed by atoms with E-state index in [0.717, 1.165) is 16.7 Å². The lowest BCUT2D eigenvalue weighted by atomic mass is 10.1. The Labute approximate surface area is 196 Å². The molecule has 3 aromatic heterocycles. The van der Waals surface area contributed by atoms with Gasteiger partial charge >= 0.3 is 0 Å². The maximum Gasteiger partial charge on any atom is 0.267 e. The third kappa shape index (κ3) is 3.52. The first kappa shape index (κ1) is 21.8. The van der Waals surface area contributed by atoms with Crippen molar-refractivity contribution in [2.75, 3.05) is 0 Å². The maximum atomic E-state index is 13.5.